The summed E-state index contributed by atoms with van der Waals surface area (Å²) < 4.78 is 7.15. The predicted molar refractivity (Wildman–Crippen MR) is 80.8 cm³/mol. The van der Waals surface area contributed by atoms with Crippen LogP contribution in [0.2, 0.25) is 0 Å². The lowest BCUT2D eigenvalue weighted by molar-refractivity contribution is 0.0948. The molecule has 0 atom stereocenters. The van der Waals surface area contributed by atoms with Gasteiger partial charge in [0.05, 0.1) is 13.7 Å². The molecule has 3 rings (SSSR count). The smallest absolute Gasteiger partial charge is 0.184 e. The second kappa shape index (κ2) is 5.35. The van der Waals surface area contributed by atoms with Gasteiger partial charge in [0.2, 0.25) is 0 Å². The molecule has 1 aromatic carbocycles. The first-order valence-corrected chi connectivity index (χ1v) is 7.37. The van der Waals surface area contributed by atoms with E-state index in [2.05, 4.69) is 22.4 Å². The van der Waals surface area contributed by atoms with Crippen LogP contribution in [0.3, 0.4) is 0 Å². The summed E-state index contributed by atoms with van der Waals surface area (Å²) in [7, 11) is 1.64. The zero-order chi connectivity index (χ0) is 14.9. The van der Waals surface area contributed by atoms with E-state index >= 15 is 0 Å². The molecule has 0 unspecified atom stereocenters. The summed E-state index contributed by atoms with van der Waals surface area (Å²) in [6.45, 7) is 3.09. The summed E-state index contributed by atoms with van der Waals surface area (Å²) in [5, 5.41) is 12.2. The van der Waals surface area contributed by atoms with Crippen molar-refractivity contribution in [2.45, 2.75) is 39.2 Å². The lowest BCUT2D eigenvalue weighted by atomic mass is 9.67. The molecule has 1 aliphatic rings. The number of tetrazole rings is 1. The van der Waals surface area contributed by atoms with Gasteiger partial charge in [0.15, 0.2) is 5.82 Å². The highest BCUT2D eigenvalue weighted by Crippen LogP contribution is 2.45. The topological polar surface area (TPSA) is 78.8 Å². The van der Waals surface area contributed by atoms with E-state index in [1.807, 2.05) is 22.9 Å². The van der Waals surface area contributed by atoms with Crippen LogP contribution >= 0.6 is 0 Å². The van der Waals surface area contributed by atoms with E-state index in [-0.39, 0.29) is 0 Å². The average Bonchev–Trinajstić information content (AvgIpc) is 2.91. The third kappa shape index (κ3) is 2.46. The summed E-state index contributed by atoms with van der Waals surface area (Å²) in [4.78, 5) is 0. The van der Waals surface area contributed by atoms with Crippen molar-refractivity contribution in [3.8, 4) is 17.1 Å². The maximum atomic E-state index is 6.08. The van der Waals surface area contributed by atoms with Gasteiger partial charge in [-0.15, -0.1) is 5.10 Å². The van der Waals surface area contributed by atoms with Gasteiger partial charge in [-0.25, -0.2) is 4.68 Å². The molecule has 1 fully saturated rings. The second-order valence-electron chi connectivity index (χ2n) is 5.82. The fourth-order valence-corrected chi connectivity index (χ4v) is 2.98. The number of ether oxygens (including phenoxy) is 1. The molecule has 21 heavy (non-hydrogen) atoms. The first-order valence-electron chi connectivity index (χ1n) is 7.37. The van der Waals surface area contributed by atoms with Gasteiger partial charge in [0.1, 0.15) is 5.75 Å². The monoisotopic (exact) mass is 287 g/mol. The molecular weight excluding hydrogens is 266 g/mol. The Morgan fingerprint density at radius 2 is 2.19 bits per heavy atom. The van der Waals surface area contributed by atoms with Gasteiger partial charge >= 0.3 is 0 Å². The summed E-state index contributed by atoms with van der Waals surface area (Å²) in [5.41, 5.74) is 7.91. The Kier molecular flexibility index (Phi) is 3.53. The molecule has 1 saturated carbocycles. The summed E-state index contributed by atoms with van der Waals surface area (Å²) in [5.74, 6) is 1.47. The Labute approximate surface area is 124 Å². The standard InChI is InChI=1S/C15H21N5O/c1-3-15(7-4-8-15)10-20-14(17-18-19-20)12-9-11(21-2)5-6-13(12)16/h5-6,9H,3-4,7-8,10,16H2,1-2H3. The SMILES string of the molecule is CCC1(Cn2nnnc2-c2cc(OC)ccc2N)CCC1. The molecule has 2 aromatic rings. The van der Waals surface area contributed by atoms with E-state index < -0.39 is 0 Å². The van der Waals surface area contributed by atoms with Gasteiger partial charge in [0.25, 0.3) is 0 Å². The van der Waals surface area contributed by atoms with Crippen LogP contribution in [0.4, 0.5) is 5.69 Å². The minimum Gasteiger partial charge on any atom is -0.497 e. The van der Waals surface area contributed by atoms with Crippen molar-refractivity contribution < 1.29 is 4.74 Å². The molecular formula is C15H21N5O. The van der Waals surface area contributed by atoms with Crippen LogP contribution < -0.4 is 10.5 Å². The van der Waals surface area contributed by atoms with E-state index in [0.29, 0.717) is 16.9 Å². The van der Waals surface area contributed by atoms with Crippen LogP contribution in [0, 0.1) is 5.41 Å². The van der Waals surface area contributed by atoms with Gasteiger partial charge in [0, 0.05) is 11.3 Å². The highest BCUT2D eigenvalue weighted by molar-refractivity contribution is 5.73. The number of hydrogen-bond donors (Lipinski definition) is 1. The zero-order valence-corrected chi connectivity index (χ0v) is 12.5. The van der Waals surface area contributed by atoms with Crippen molar-refractivity contribution in [2.24, 2.45) is 5.41 Å². The molecule has 0 saturated heterocycles. The summed E-state index contributed by atoms with van der Waals surface area (Å²) in [6, 6.07) is 5.55. The number of nitrogens with zero attached hydrogens (tertiary/aromatic N) is 4. The van der Waals surface area contributed by atoms with Gasteiger partial charge in [-0.1, -0.05) is 13.3 Å². The van der Waals surface area contributed by atoms with Crippen molar-refractivity contribution in [3.63, 3.8) is 0 Å². The molecule has 0 amide bonds. The Bertz CT molecular complexity index is 627. The second-order valence-corrected chi connectivity index (χ2v) is 5.82. The van der Waals surface area contributed by atoms with Crippen molar-refractivity contribution in [1.82, 2.24) is 20.2 Å². The maximum absolute atomic E-state index is 6.08. The van der Waals surface area contributed by atoms with Crippen LogP contribution in [0.5, 0.6) is 5.75 Å². The van der Waals surface area contributed by atoms with E-state index in [4.69, 9.17) is 10.5 Å². The number of hydrogen-bond acceptors (Lipinski definition) is 5. The van der Waals surface area contributed by atoms with Crippen LogP contribution in [-0.4, -0.2) is 27.3 Å². The lowest BCUT2D eigenvalue weighted by Crippen LogP contribution is -2.34. The summed E-state index contributed by atoms with van der Waals surface area (Å²) in [6.07, 6.45) is 4.94. The Balaban J connectivity index is 1.95. The highest BCUT2D eigenvalue weighted by atomic mass is 16.5. The number of nitrogens with two attached hydrogens (primary N) is 1. The predicted octanol–water partition coefficient (Wildman–Crippen LogP) is 2.51. The maximum Gasteiger partial charge on any atom is 0.184 e. The number of nitrogen functional groups attached to an aromatic ring is 1. The summed E-state index contributed by atoms with van der Waals surface area (Å²) >= 11 is 0. The van der Waals surface area contributed by atoms with E-state index in [0.717, 1.165) is 24.3 Å². The molecule has 6 nitrogen and oxygen atoms in total. The first kappa shape index (κ1) is 13.9. The molecule has 0 spiro atoms. The Morgan fingerprint density at radius 3 is 2.81 bits per heavy atom. The van der Waals surface area contributed by atoms with Gasteiger partial charge < -0.3 is 10.5 Å². The van der Waals surface area contributed by atoms with Crippen molar-refractivity contribution in [1.29, 1.82) is 0 Å². The lowest BCUT2D eigenvalue weighted by Gasteiger charge is -2.41. The molecule has 0 radical (unpaired) electrons. The normalized spacial score (nSPS) is 16.5. The fourth-order valence-electron chi connectivity index (χ4n) is 2.98. The number of benzene rings is 1. The van der Waals surface area contributed by atoms with E-state index in [1.54, 1.807) is 7.11 Å². The quantitative estimate of drug-likeness (QED) is 0.855. The minimum absolute atomic E-state index is 0.345. The minimum atomic E-state index is 0.345. The molecule has 1 heterocycles. The molecule has 1 aliphatic carbocycles. The van der Waals surface area contributed by atoms with Crippen molar-refractivity contribution in [3.05, 3.63) is 18.2 Å². The van der Waals surface area contributed by atoms with Gasteiger partial charge in [-0.2, -0.15) is 0 Å². The van der Waals surface area contributed by atoms with E-state index in [9.17, 15) is 0 Å². The van der Waals surface area contributed by atoms with Crippen LogP contribution in [0.25, 0.3) is 11.4 Å². The molecule has 112 valence electrons. The largest absolute Gasteiger partial charge is 0.497 e. The van der Waals surface area contributed by atoms with E-state index in [1.165, 1.54) is 19.3 Å². The zero-order valence-electron chi connectivity index (χ0n) is 12.5. The van der Waals surface area contributed by atoms with Crippen molar-refractivity contribution >= 4 is 5.69 Å². The van der Waals surface area contributed by atoms with Crippen molar-refractivity contribution in [2.75, 3.05) is 12.8 Å². The van der Waals surface area contributed by atoms with Crippen LogP contribution in [0.15, 0.2) is 18.2 Å². The number of rotatable bonds is 5. The van der Waals surface area contributed by atoms with Crippen LogP contribution in [0.1, 0.15) is 32.6 Å². The Morgan fingerprint density at radius 1 is 1.38 bits per heavy atom. The molecule has 2 N–H and O–H groups in total. The van der Waals surface area contributed by atoms with Gasteiger partial charge in [-0.05, 0) is 53.3 Å². The number of methoxy groups -OCH3 is 1. The fraction of sp³-hybridized carbons (Fsp3) is 0.533. The highest BCUT2D eigenvalue weighted by Gasteiger charge is 2.36. The van der Waals surface area contributed by atoms with Gasteiger partial charge in [-0.3, -0.25) is 0 Å². The third-order valence-corrected chi connectivity index (χ3v) is 4.68. The van der Waals surface area contributed by atoms with Crippen LogP contribution in [-0.2, 0) is 6.54 Å². The molecule has 6 heteroatoms. The molecule has 0 bridgehead atoms. The third-order valence-electron chi connectivity index (χ3n) is 4.68. The number of anilines is 1. The molecule has 1 aromatic heterocycles. The average molecular weight is 287 g/mol. The Hall–Kier alpha value is -2.11. The molecule has 0 aliphatic heterocycles. The first-order chi connectivity index (χ1) is 10.2. The number of aromatic nitrogens is 4.